The van der Waals surface area contributed by atoms with Gasteiger partial charge >= 0.3 is 11.6 Å². The third kappa shape index (κ3) is 3770. The van der Waals surface area contributed by atoms with Gasteiger partial charge in [-0.15, -0.1) is 0 Å². The lowest BCUT2D eigenvalue weighted by Gasteiger charge is -1.61. The second kappa shape index (κ2) is 46.8. The standard InChI is InChI=1S/2C2H6O.O2S/c3*1-3-2/h2*1-2H3;. The minimum Gasteiger partial charge on any atom is -0.388 e. The van der Waals surface area contributed by atoms with E-state index >= 15 is 0 Å². The van der Waals surface area contributed by atoms with E-state index < -0.39 is 11.6 Å². The van der Waals surface area contributed by atoms with Crippen LogP contribution in [-0.2, 0) is 21.0 Å². The Morgan fingerprint density at radius 2 is 0.889 bits per heavy atom. The van der Waals surface area contributed by atoms with Gasteiger partial charge in [-0.3, -0.25) is 0 Å². The normalized spacial score (nSPS) is 5.33. The van der Waals surface area contributed by atoms with Gasteiger partial charge in [-0.05, 0) is 0 Å². The number of methoxy groups -OCH3 is 2. The first-order valence-corrected chi connectivity index (χ1v) is 2.63. The second-order valence-corrected chi connectivity index (χ2v) is 1.02. The molecule has 0 saturated heterocycles. The predicted octanol–water partition coefficient (Wildman–Crippen LogP) is -0.145. The first-order chi connectivity index (χ1) is 4.24. The molecule has 5 heteroatoms. The van der Waals surface area contributed by atoms with Crippen LogP contribution in [0.4, 0.5) is 0 Å². The smallest absolute Gasteiger partial charge is 0.335 e. The minimum atomic E-state index is -0.750. The van der Waals surface area contributed by atoms with Crippen LogP contribution in [0.1, 0.15) is 0 Å². The van der Waals surface area contributed by atoms with Gasteiger partial charge in [-0.1, -0.05) is 0 Å². The number of ether oxygens (including phenoxy) is 2. The quantitative estimate of drug-likeness (QED) is 0.489. The van der Waals surface area contributed by atoms with E-state index in [1.54, 1.807) is 28.4 Å². The van der Waals surface area contributed by atoms with E-state index in [0.717, 1.165) is 0 Å². The van der Waals surface area contributed by atoms with Crippen molar-refractivity contribution in [3.63, 3.8) is 0 Å². The van der Waals surface area contributed by atoms with Crippen LogP contribution in [0.3, 0.4) is 0 Å². The fourth-order valence-corrected chi connectivity index (χ4v) is 0. The van der Waals surface area contributed by atoms with E-state index in [-0.39, 0.29) is 0 Å². The van der Waals surface area contributed by atoms with Crippen LogP contribution < -0.4 is 0 Å². The number of hydrogen-bond donors (Lipinski definition) is 0. The summed E-state index contributed by atoms with van der Waals surface area (Å²) in [5.74, 6) is 0. The minimum absolute atomic E-state index is 0.750. The van der Waals surface area contributed by atoms with Gasteiger partial charge in [0, 0.05) is 28.4 Å². The maximum atomic E-state index is 8.29. The highest BCUT2D eigenvalue weighted by Gasteiger charge is 1.26. The Morgan fingerprint density at radius 3 is 0.889 bits per heavy atom. The molecule has 0 aromatic heterocycles. The number of hydrogen-bond acceptors (Lipinski definition) is 4. The van der Waals surface area contributed by atoms with Crippen LogP contribution in [0.2, 0.25) is 0 Å². The Hall–Kier alpha value is -0.260. The molecule has 0 aliphatic carbocycles. The van der Waals surface area contributed by atoms with Crippen molar-refractivity contribution < 1.29 is 17.9 Å². The summed E-state index contributed by atoms with van der Waals surface area (Å²) in [7, 11) is 6.50. The van der Waals surface area contributed by atoms with Crippen molar-refractivity contribution in [1.82, 2.24) is 0 Å². The fourth-order valence-electron chi connectivity index (χ4n) is 0. The zero-order chi connectivity index (χ0) is 8.12. The van der Waals surface area contributed by atoms with E-state index in [2.05, 4.69) is 9.47 Å². The SMILES string of the molecule is COC.COC.O=S=O. The lowest BCUT2D eigenvalue weighted by molar-refractivity contribution is 0.277. The molecule has 0 aromatic rings. The van der Waals surface area contributed by atoms with Crippen molar-refractivity contribution >= 4 is 11.6 Å². The molecule has 4 nitrogen and oxygen atoms in total. The van der Waals surface area contributed by atoms with Gasteiger partial charge < -0.3 is 9.47 Å². The van der Waals surface area contributed by atoms with Crippen molar-refractivity contribution in [2.75, 3.05) is 28.4 Å². The molecule has 0 rings (SSSR count). The van der Waals surface area contributed by atoms with Gasteiger partial charge in [0.15, 0.2) is 0 Å². The monoisotopic (exact) mass is 156 g/mol. The Kier molecular flexibility index (Phi) is 82.7. The van der Waals surface area contributed by atoms with Crippen LogP contribution >= 0.6 is 0 Å². The van der Waals surface area contributed by atoms with Crippen LogP contribution in [0.15, 0.2) is 0 Å². The Balaban J connectivity index is -0.0000000600. The molecule has 0 saturated carbocycles. The van der Waals surface area contributed by atoms with Gasteiger partial charge in [-0.25, -0.2) is 0 Å². The van der Waals surface area contributed by atoms with Crippen LogP contribution in [0.5, 0.6) is 0 Å². The zero-order valence-corrected chi connectivity index (χ0v) is 6.86. The highest BCUT2D eigenvalue weighted by Crippen LogP contribution is 1.28. The fraction of sp³-hybridized carbons (Fsp3) is 1.00. The average Bonchev–Trinajstić information content (AvgIpc) is 1.70. The molecule has 0 aliphatic heterocycles. The maximum absolute atomic E-state index is 8.29. The molecule has 0 N–H and O–H groups in total. The van der Waals surface area contributed by atoms with Gasteiger partial charge in [0.25, 0.3) is 0 Å². The van der Waals surface area contributed by atoms with Gasteiger partial charge in [-0.2, -0.15) is 8.42 Å². The first-order valence-electron chi connectivity index (χ1n) is 1.97. The molecule has 0 amide bonds. The summed E-state index contributed by atoms with van der Waals surface area (Å²) in [6.45, 7) is 0. The summed E-state index contributed by atoms with van der Waals surface area (Å²) >= 11 is -0.750. The molecule has 0 aromatic carbocycles. The molecule has 0 radical (unpaired) electrons. The summed E-state index contributed by atoms with van der Waals surface area (Å²) in [6.07, 6.45) is 0. The summed E-state index contributed by atoms with van der Waals surface area (Å²) in [5, 5.41) is 0. The lowest BCUT2D eigenvalue weighted by Crippen LogP contribution is -1.55. The Bertz CT molecular complexity index is 48.5. The van der Waals surface area contributed by atoms with Gasteiger partial charge in [0.1, 0.15) is 0 Å². The van der Waals surface area contributed by atoms with E-state index in [1.807, 2.05) is 0 Å². The topological polar surface area (TPSA) is 52.6 Å². The van der Waals surface area contributed by atoms with Crippen molar-refractivity contribution in [3.8, 4) is 0 Å². The summed E-state index contributed by atoms with van der Waals surface area (Å²) in [5.41, 5.74) is 0. The lowest BCUT2D eigenvalue weighted by atomic mass is 11.6. The third-order valence-electron chi connectivity index (χ3n) is 0. The van der Waals surface area contributed by atoms with Crippen LogP contribution in [0.25, 0.3) is 0 Å². The first kappa shape index (κ1) is 15.9. The summed E-state index contributed by atoms with van der Waals surface area (Å²) < 4.78 is 25.1. The molecular formula is C4H12O4S. The summed E-state index contributed by atoms with van der Waals surface area (Å²) in [6, 6.07) is 0. The highest BCUT2D eigenvalue weighted by atomic mass is 32.1. The third-order valence-corrected chi connectivity index (χ3v) is 0. The molecule has 0 heterocycles. The van der Waals surface area contributed by atoms with E-state index in [4.69, 9.17) is 8.42 Å². The van der Waals surface area contributed by atoms with Crippen molar-refractivity contribution in [1.29, 1.82) is 0 Å². The zero-order valence-electron chi connectivity index (χ0n) is 6.04. The average molecular weight is 156 g/mol. The van der Waals surface area contributed by atoms with Gasteiger partial charge in [0.2, 0.25) is 0 Å². The molecule has 58 valence electrons. The van der Waals surface area contributed by atoms with Gasteiger partial charge in [0.05, 0.1) is 0 Å². The molecule has 9 heavy (non-hydrogen) atoms. The van der Waals surface area contributed by atoms with Crippen molar-refractivity contribution in [2.45, 2.75) is 0 Å². The van der Waals surface area contributed by atoms with E-state index in [0.29, 0.717) is 0 Å². The predicted molar refractivity (Wildman–Crippen MR) is 34.8 cm³/mol. The maximum Gasteiger partial charge on any atom is 0.335 e. The molecule has 0 aliphatic rings. The van der Waals surface area contributed by atoms with E-state index in [1.165, 1.54) is 0 Å². The molecular weight excluding hydrogens is 144 g/mol. The summed E-state index contributed by atoms with van der Waals surface area (Å²) in [4.78, 5) is 0. The molecule has 0 bridgehead atoms. The van der Waals surface area contributed by atoms with Crippen molar-refractivity contribution in [2.24, 2.45) is 0 Å². The van der Waals surface area contributed by atoms with Crippen LogP contribution in [-0.4, -0.2) is 36.9 Å². The molecule has 0 spiro atoms. The largest absolute Gasteiger partial charge is 0.388 e. The van der Waals surface area contributed by atoms with Crippen molar-refractivity contribution in [3.05, 3.63) is 0 Å². The Labute approximate surface area is 58.8 Å². The highest BCUT2D eigenvalue weighted by molar-refractivity contribution is 7.51. The molecule has 0 unspecified atom stereocenters. The number of rotatable bonds is 0. The molecule has 0 fully saturated rings. The Morgan fingerprint density at radius 1 is 0.889 bits per heavy atom. The van der Waals surface area contributed by atoms with E-state index in [9.17, 15) is 0 Å². The van der Waals surface area contributed by atoms with Crippen LogP contribution in [0, 0.1) is 0 Å². The molecule has 0 atom stereocenters. The second-order valence-electron chi connectivity index (χ2n) is 0.885.